The topological polar surface area (TPSA) is 51.6 Å². The molecule has 0 bridgehead atoms. The van der Waals surface area contributed by atoms with Crippen molar-refractivity contribution in [2.45, 2.75) is 50.6 Å². The molecule has 6 heteroatoms. The minimum Gasteiger partial charge on any atom is -0.504 e. The van der Waals surface area contributed by atoms with Gasteiger partial charge in [-0.1, -0.05) is 18.2 Å². The maximum atomic E-state index is 5.60. The minimum absolute atomic E-state index is 0.487. The van der Waals surface area contributed by atoms with E-state index in [1.807, 2.05) is 25.6 Å². The molecule has 0 radical (unpaired) electrons. The first kappa shape index (κ1) is 23.7. The molecular formula is C29H38N4O2. The zero-order valence-electron chi connectivity index (χ0n) is 21.2. The van der Waals surface area contributed by atoms with Gasteiger partial charge in [0.15, 0.2) is 0 Å². The SMILES string of the molecule is CNc1cnn(C2CCC(N3CCCC(/C(=C\OC)c4ccc5cc(OC)ccc5c4)C3)CC2)c1. The highest BCUT2D eigenvalue weighted by Crippen LogP contribution is 2.37. The van der Waals surface area contributed by atoms with Crippen LogP contribution < -0.4 is 10.1 Å². The van der Waals surface area contributed by atoms with Crippen molar-refractivity contribution in [3.8, 4) is 5.75 Å². The molecule has 0 spiro atoms. The van der Waals surface area contributed by atoms with Crippen LogP contribution in [-0.4, -0.2) is 55.1 Å². The summed E-state index contributed by atoms with van der Waals surface area (Å²) in [5.41, 5.74) is 3.68. The van der Waals surface area contributed by atoms with Crippen LogP contribution in [0.5, 0.6) is 5.75 Å². The Labute approximate surface area is 208 Å². The molecule has 2 aromatic carbocycles. The largest absolute Gasteiger partial charge is 0.504 e. The molecule has 6 nitrogen and oxygen atoms in total. The van der Waals surface area contributed by atoms with Gasteiger partial charge in [-0.2, -0.15) is 5.10 Å². The lowest BCUT2D eigenvalue weighted by atomic mass is 9.83. The zero-order valence-corrected chi connectivity index (χ0v) is 21.2. The van der Waals surface area contributed by atoms with Gasteiger partial charge in [-0.15, -0.1) is 0 Å². The lowest BCUT2D eigenvalue weighted by molar-refractivity contribution is 0.0993. The van der Waals surface area contributed by atoms with Gasteiger partial charge in [-0.25, -0.2) is 0 Å². The molecule has 5 rings (SSSR count). The average Bonchev–Trinajstić information content (AvgIpc) is 3.41. The zero-order chi connectivity index (χ0) is 24.2. The highest BCUT2D eigenvalue weighted by Gasteiger charge is 2.32. The predicted molar refractivity (Wildman–Crippen MR) is 143 cm³/mol. The Morgan fingerprint density at radius 2 is 1.77 bits per heavy atom. The fraction of sp³-hybridized carbons (Fsp3) is 0.483. The number of anilines is 1. The summed E-state index contributed by atoms with van der Waals surface area (Å²) in [6, 6.07) is 14.2. The minimum atomic E-state index is 0.487. The molecule has 1 aliphatic carbocycles. The number of hydrogen-bond acceptors (Lipinski definition) is 5. The summed E-state index contributed by atoms with van der Waals surface area (Å²) < 4.78 is 13.2. The molecule has 2 heterocycles. The second-order valence-electron chi connectivity index (χ2n) is 9.99. The monoisotopic (exact) mass is 474 g/mol. The molecule has 1 N–H and O–H groups in total. The Morgan fingerprint density at radius 1 is 1.00 bits per heavy atom. The molecule has 1 unspecified atom stereocenters. The van der Waals surface area contributed by atoms with Crippen LogP contribution in [0.3, 0.4) is 0 Å². The van der Waals surface area contributed by atoms with Gasteiger partial charge in [0.25, 0.3) is 0 Å². The van der Waals surface area contributed by atoms with Crippen LogP contribution in [0.4, 0.5) is 5.69 Å². The van der Waals surface area contributed by atoms with Crippen molar-refractivity contribution in [1.82, 2.24) is 14.7 Å². The van der Waals surface area contributed by atoms with Crippen molar-refractivity contribution in [3.63, 3.8) is 0 Å². The van der Waals surface area contributed by atoms with Gasteiger partial charge in [0.05, 0.1) is 38.4 Å². The second-order valence-corrected chi connectivity index (χ2v) is 9.99. The second kappa shape index (κ2) is 10.7. The lowest BCUT2D eigenvalue weighted by Crippen LogP contribution is -2.44. The van der Waals surface area contributed by atoms with Gasteiger partial charge in [-0.05, 0) is 85.2 Å². The average molecular weight is 475 g/mol. The first-order chi connectivity index (χ1) is 17.2. The standard InChI is InChI=1S/C29H38N4O2/c1-30-25-17-31-33(19-25)27-11-9-26(10-12-27)32-14-4-5-24(18-32)29(20-34-2)23-7-6-22-16-28(35-3)13-8-21(22)15-23/h6-8,13,15-17,19-20,24,26-27,30H,4-5,9-12,14,18H2,1-3H3/b29-20-. The summed E-state index contributed by atoms with van der Waals surface area (Å²) in [6.07, 6.45) is 13.4. The van der Waals surface area contributed by atoms with E-state index >= 15 is 0 Å². The molecule has 1 atom stereocenters. The van der Waals surface area contributed by atoms with Crippen molar-refractivity contribution in [3.05, 3.63) is 60.6 Å². The number of likely N-dealkylation sites (tertiary alicyclic amines) is 1. The van der Waals surface area contributed by atoms with Crippen molar-refractivity contribution in [1.29, 1.82) is 0 Å². The summed E-state index contributed by atoms with van der Waals surface area (Å²) in [5.74, 6) is 1.38. The summed E-state index contributed by atoms with van der Waals surface area (Å²) in [5, 5.41) is 10.2. The number of benzene rings is 2. The summed E-state index contributed by atoms with van der Waals surface area (Å²) >= 11 is 0. The number of ether oxygens (including phenoxy) is 2. The molecule has 1 aromatic heterocycles. The van der Waals surface area contributed by atoms with Crippen LogP contribution in [0.1, 0.15) is 50.1 Å². The van der Waals surface area contributed by atoms with Crippen molar-refractivity contribution in [2.24, 2.45) is 5.92 Å². The normalized spacial score (nSPS) is 23.9. The predicted octanol–water partition coefficient (Wildman–Crippen LogP) is 5.97. The van der Waals surface area contributed by atoms with E-state index in [0.29, 0.717) is 18.0 Å². The number of rotatable bonds is 7. The number of piperidine rings is 1. The van der Waals surface area contributed by atoms with E-state index in [0.717, 1.165) is 18.0 Å². The van der Waals surface area contributed by atoms with Crippen molar-refractivity contribution >= 4 is 22.0 Å². The number of methoxy groups -OCH3 is 2. The highest BCUT2D eigenvalue weighted by molar-refractivity contribution is 5.87. The van der Waals surface area contributed by atoms with Gasteiger partial charge in [-0.3, -0.25) is 9.58 Å². The highest BCUT2D eigenvalue weighted by atomic mass is 16.5. The number of aromatic nitrogens is 2. The summed E-state index contributed by atoms with van der Waals surface area (Å²) in [4.78, 5) is 2.75. The van der Waals surface area contributed by atoms with E-state index in [2.05, 4.69) is 56.5 Å². The first-order valence-corrected chi connectivity index (χ1v) is 13.0. The van der Waals surface area contributed by atoms with Gasteiger partial charge >= 0.3 is 0 Å². The van der Waals surface area contributed by atoms with Crippen molar-refractivity contribution in [2.75, 3.05) is 39.7 Å². The van der Waals surface area contributed by atoms with E-state index in [9.17, 15) is 0 Å². The van der Waals surface area contributed by atoms with Crippen LogP contribution in [0.2, 0.25) is 0 Å². The molecule has 3 aromatic rings. The fourth-order valence-electron chi connectivity index (χ4n) is 6.00. The Balaban J connectivity index is 1.27. The lowest BCUT2D eigenvalue weighted by Gasteiger charge is -2.42. The summed E-state index contributed by atoms with van der Waals surface area (Å²) in [7, 11) is 5.43. The molecule has 35 heavy (non-hydrogen) atoms. The van der Waals surface area contributed by atoms with Crippen LogP contribution in [0, 0.1) is 5.92 Å². The van der Waals surface area contributed by atoms with Crippen LogP contribution in [-0.2, 0) is 4.74 Å². The summed E-state index contributed by atoms with van der Waals surface area (Å²) in [6.45, 7) is 2.31. The molecule has 2 aliphatic rings. The van der Waals surface area contributed by atoms with E-state index in [1.165, 1.54) is 67.0 Å². The van der Waals surface area contributed by atoms with Crippen LogP contribution in [0.25, 0.3) is 16.3 Å². The maximum absolute atomic E-state index is 5.60. The number of nitrogens with zero attached hydrogens (tertiary/aromatic N) is 3. The Kier molecular flexibility index (Phi) is 7.28. The quantitative estimate of drug-likeness (QED) is 0.428. The van der Waals surface area contributed by atoms with Crippen LogP contribution in [0.15, 0.2) is 55.1 Å². The van der Waals surface area contributed by atoms with E-state index in [4.69, 9.17) is 9.47 Å². The van der Waals surface area contributed by atoms with E-state index in [1.54, 1.807) is 14.2 Å². The van der Waals surface area contributed by atoms with E-state index in [-0.39, 0.29) is 0 Å². The third kappa shape index (κ3) is 5.18. The van der Waals surface area contributed by atoms with Gasteiger partial charge < -0.3 is 14.8 Å². The van der Waals surface area contributed by atoms with Gasteiger partial charge in [0.1, 0.15) is 5.75 Å². The molecule has 1 aliphatic heterocycles. The molecule has 186 valence electrons. The Hall–Kier alpha value is -2.99. The van der Waals surface area contributed by atoms with Gasteiger partial charge in [0, 0.05) is 31.7 Å². The molecule has 2 fully saturated rings. The smallest absolute Gasteiger partial charge is 0.119 e. The maximum Gasteiger partial charge on any atom is 0.119 e. The fourth-order valence-corrected chi connectivity index (χ4v) is 6.00. The Morgan fingerprint density at radius 3 is 2.51 bits per heavy atom. The van der Waals surface area contributed by atoms with Crippen LogP contribution >= 0.6 is 0 Å². The molecule has 1 saturated carbocycles. The molecule has 0 amide bonds. The van der Waals surface area contributed by atoms with Gasteiger partial charge in [0.2, 0.25) is 0 Å². The number of fused-ring (bicyclic) bond motifs is 1. The van der Waals surface area contributed by atoms with E-state index < -0.39 is 0 Å². The molecule has 1 saturated heterocycles. The third-order valence-corrected chi connectivity index (χ3v) is 7.97. The Bertz CT molecular complexity index is 1160. The van der Waals surface area contributed by atoms with Crippen molar-refractivity contribution < 1.29 is 9.47 Å². The third-order valence-electron chi connectivity index (χ3n) is 7.97. The number of hydrogen-bond donors (Lipinski definition) is 1. The molecular weight excluding hydrogens is 436 g/mol. The first-order valence-electron chi connectivity index (χ1n) is 13.0. The number of nitrogens with one attached hydrogen (secondary N) is 1.